The maximum atomic E-state index is 11.3. The number of aliphatic carboxylic acids is 1. The molecule has 1 aromatic carbocycles. The van der Waals surface area contributed by atoms with Gasteiger partial charge in [0, 0.05) is 18.1 Å². The standard InChI is InChI=1S/C14H18ClNO2/c1-14(13(17)18)7-2-8-16(10-14)9-11-3-5-12(15)6-4-11/h3-6H,2,7-10H2,1H3,(H,17,18). The lowest BCUT2D eigenvalue weighted by atomic mass is 9.82. The van der Waals surface area contributed by atoms with E-state index < -0.39 is 11.4 Å². The largest absolute Gasteiger partial charge is 0.481 e. The Labute approximate surface area is 112 Å². The van der Waals surface area contributed by atoms with Crippen molar-refractivity contribution < 1.29 is 9.90 Å². The van der Waals surface area contributed by atoms with Crippen molar-refractivity contribution in [3.8, 4) is 0 Å². The number of benzene rings is 1. The van der Waals surface area contributed by atoms with Gasteiger partial charge in [0.15, 0.2) is 0 Å². The van der Waals surface area contributed by atoms with E-state index in [9.17, 15) is 9.90 Å². The van der Waals surface area contributed by atoms with E-state index in [1.807, 2.05) is 31.2 Å². The van der Waals surface area contributed by atoms with Crippen LogP contribution in [0.2, 0.25) is 5.02 Å². The van der Waals surface area contributed by atoms with Gasteiger partial charge in [-0.3, -0.25) is 9.69 Å². The molecule has 2 rings (SSSR count). The molecular formula is C14H18ClNO2. The van der Waals surface area contributed by atoms with E-state index in [0.29, 0.717) is 6.54 Å². The molecule has 1 heterocycles. The fraction of sp³-hybridized carbons (Fsp3) is 0.500. The highest BCUT2D eigenvalue weighted by atomic mass is 35.5. The first-order chi connectivity index (χ1) is 8.49. The number of carboxylic acid groups (broad SMARTS) is 1. The third-order valence-electron chi connectivity index (χ3n) is 3.61. The molecule has 0 bridgehead atoms. The van der Waals surface area contributed by atoms with E-state index in [0.717, 1.165) is 31.0 Å². The quantitative estimate of drug-likeness (QED) is 0.915. The fourth-order valence-corrected chi connectivity index (χ4v) is 2.63. The van der Waals surface area contributed by atoms with E-state index >= 15 is 0 Å². The lowest BCUT2D eigenvalue weighted by Gasteiger charge is -2.37. The number of nitrogens with zero attached hydrogens (tertiary/aromatic N) is 1. The molecule has 98 valence electrons. The molecule has 1 fully saturated rings. The first-order valence-corrected chi connectivity index (χ1v) is 6.58. The predicted octanol–water partition coefficient (Wildman–Crippen LogP) is 3.03. The topological polar surface area (TPSA) is 40.5 Å². The molecule has 18 heavy (non-hydrogen) atoms. The lowest BCUT2D eigenvalue weighted by Crippen LogP contribution is -2.45. The second-order valence-electron chi connectivity index (χ2n) is 5.31. The summed E-state index contributed by atoms with van der Waals surface area (Å²) in [5.74, 6) is -0.691. The van der Waals surface area contributed by atoms with Crippen LogP contribution < -0.4 is 0 Å². The van der Waals surface area contributed by atoms with Crippen molar-refractivity contribution in [2.45, 2.75) is 26.3 Å². The van der Waals surface area contributed by atoms with Crippen LogP contribution in [0.5, 0.6) is 0 Å². The van der Waals surface area contributed by atoms with Crippen molar-refractivity contribution in [3.63, 3.8) is 0 Å². The molecule has 4 heteroatoms. The van der Waals surface area contributed by atoms with Gasteiger partial charge in [0.25, 0.3) is 0 Å². The minimum Gasteiger partial charge on any atom is -0.481 e. The van der Waals surface area contributed by atoms with Crippen LogP contribution >= 0.6 is 11.6 Å². The smallest absolute Gasteiger partial charge is 0.310 e. The summed E-state index contributed by atoms with van der Waals surface area (Å²) in [4.78, 5) is 13.5. The molecular weight excluding hydrogens is 250 g/mol. The number of piperidine rings is 1. The van der Waals surface area contributed by atoms with E-state index in [1.54, 1.807) is 0 Å². The molecule has 1 aliphatic rings. The van der Waals surface area contributed by atoms with Crippen molar-refractivity contribution in [2.24, 2.45) is 5.41 Å². The van der Waals surface area contributed by atoms with E-state index in [1.165, 1.54) is 5.56 Å². The van der Waals surface area contributed by atoms with Crippen molar-refractivity contribution in [3.05, 3.63) is 34.9 Å². The molecule has 0 amide bonds. The summed E-state index contributed by atoms with van der Waals surface area (Å²) in [6.45, 7) is 4.21. The molecule has 0 aliphatic carbocycles. The number of hydrogen-bond donors (Lipinski definition) is 1. The summed E-state index contributed by atoms with van der Waals surface area (Å²) >= 11 is 5.85. The highest BCUT2D eigenvalue weighted by molar-refractivity contribution is 6.30. The van der Waals surface area contributed by atoms with Crippen molar-refractivity contribution in [1.29, 1.82) is 0 Å². The maximum Gasteiger partial charge on any atom is 0.310 e. The van der Waals surface area contributed by atoms with Crippen LogP contribution in [-0.4, -0.2) is 29.1 Å². The van der Waals surface area contributed by atoms with E-state index in [-0.39, 0.29) is 0 Å². The third-order valence-corrected chi connectivity index (χ3v) is 3.86. The molecule has 1 aliphatic heterocycles. The Balaban J connectivity index is 2.02. The van der Waals surface area contributed by atoms with Gasteiger partial charge in [-0.05, 0) is 44.0 Å². The number of rotatable bonds is 3. The molecule has 0 aromatic heterocycles. The normalized spacial score (nSPS) is 25.0. The molecule has 1 unspecified atom stereocenters. The van der Waals surface area contributed by atoms with Crippen LogP contribution in [0.15, 0.2) is 24.3 Å². The van der Waals surface area contributed by atoms with Crippen molar-refractivity contribution >= 4 is 17.6 Å². The van der Waals surface area contributed by atoms with Crippen molar-refractivity contribution in [2.75, 3.05) is 13.1 Å². The molecule has 0 spiro atoms. The Hall–Kier alpha value is -1.06. The summed E-state index contributed by atoms with van der Waals surface area (Å²) in [5, 5.41) is 10.0. The second kappa shape index (κ2) is 5.29. The summed E-state index contributed by atoms with van der Waals surface area (Å²) in [7, 11) is 0. The van der Waals surface area contributed by atoms with Crippen molar-refractivity contribution in [1.82, 2.24) is 4.90 Å². The van der Waals surface area contributed by atoms with Crippen LogP contribution in [0.4, 0.5) is 0 Å². The zero-order chi connectivity index (χ0) is 13.2. The predicted molar refractivity (Wildman–Crippen MR) is 71.7 cm³/mol. The zero-order valence-electron chi connectivity index (χ0n) is 10.5. The van der Waals surface area contributed by atoms with Gasteiger partial charge < -0.3 is 5.11 Å². The Morgan fingerprint density at radius 2 is 2.11 bits per heavy atom. The van der Waals surface area contributed by atoms with Crippen LogP contribution in [0.3, 0.4) is 0 Å². The Morgan fingerprint density at radius 1 is 1.44 bits per heavy atom. The first-order valence-electron chi connectivity index (χ1n) is 6.20. The molecule has 1 N–H and O–H groups in total. The minimum absolute atomic E-state index is 0.606. The van der Waals surface area contributed by atoms with Crippen LogP contribution in [0.1, 0.15) is 25.3 Å². The van der Waals surface area contributed by atoms with E-state index in [4.69, 9.17) is 11.6 Å². The summed E-state index contributed by atoms with van der Waals surface area (Å²) in [6, 6.07) is 7.73. The van der Waals surface area contributed by atoms with Gasteiger partial charge in [-0.15, -0.1) is 0 Å². The van der Waals surface area contributed by atoms with Crippen LogP contribution in [-0.2, 0) is 11.3 Å². The molecule has 1 aromatic rings. The Morgan fingerprint density at radius 3 is 2.72 bits per heavy atom. The Bertz CT molecular complexity index is 432. The van der Waals surface area contributed by atoms with Gasteiger partial charge in [0.05, 0.1) is 5.41 Å². The van der Waals surface area contributed by atoms with E-state index in [2.05, 4.69) is 4.90 Å². The van der Waals surface area contributed by atoms with Gasteiger partial charge in [0.1, 0.15) is 0 Å². The fourth-order valence-electron chi connectivity index (χ4n) is 2.50. The van der Waals surface area contributed by atoms with Crippen LogP contribution in [0.25, 0.3) is 0 Å². The van der Waals surface area contributed by atoms with Gasteiger partial charge in [0.2, 0.25) is 0 Å². The number of hydrogen-bond acceptors (Lipinski definition) is 2. The molecule has 0 saturated carbocycles. The average Bonchev–Trinajstić information content (AvgIpc) is 2.32. The van der Waals surface area contributed by atoms with Crippen LogP contribution in [0, 0.1) is 5.41 Å². The molecule has 1 atom stereocenters. The lowest BCUT2D eigenvalue weighted by molar-refractivity contribution is -0.151. The first kappa shape index (κ1) is 13.4. The Kier molecular flexibility index (Phi) is 3.93. The summed E-state index contributed by atoms with van der Waals surface area (Å²) in [6.07, 6.45) is 1.70. The highest BCUT2D eigenvalue weighted by Gasteiger charge is 2.37. The highest BCUT2D eigenvalue weighted by Crippen LogP contribution is 2.30. The third kappa shape index (κ3) is 3.03. The van der Waals surface area contributed by atoms with Gasteiger partial charge in [-0.1, -0.05) is 23.7 Å². The SMILES string of the molecule is CC1(C(=O)O)CCCN(Cc2ccc(Cl)cc2)C1. The number of likely N-dealkylation sites (tertiary alicyclic amines) is 1. The average molecular weight is 268 g/mol. The molecule has 1 saturated heterocycles. The number of carboxylic acids is 1. The summed E-state index contributed by atoms with van der Waals surface area (Å²) in [5.41, 5.74) is 0.569. The maximum absolute atomic E-state index is 11.3. The number of carbonyl (C=O) groups is 1. The van der Waals surface area contributed by atoms with Gasteiger partial charge in [-0.2, -0.15) is 0 Å². The second-order valence-corrected chi connectivity index (χ2v) is 5.74. The minimum atomic E-state index is -0.691. The summed E-state index contributed by atoms with van der Waals surface area (Å²) < 4.78 is 0. The monoisotopic (exact) mass is 267 g/mol. The van der Waals surface area contributed by atoms with Gasteiger partial charge in [-0.25, -0.2) is 0 Å². The zero-order valence-corrected chi connectivity index (χ0v) is 11.3. The van der Waals surface area contributed by atoms with Gasteiger partial charge >= 0.3 is 5.97 Å². The molecule has 0 radical (unpaired) electrons. The number of halogens is 1. The molecule has 3 nitrogen and oxygen atoms in total.